The highest BCUT2D eigenvalue weighted by Gasteiger charge is 2.73. The Hall–Kier alpha value is -0.960. The van der Waals surface area contributed by atoms with Gasteiger partial charge >= 0.3 is 0 Å². The van der Waals surface area contributed by atoms with Crippen LogP contribution < -0.4 is 5.73 Å². The van der Waals surface area contributed by atoms with Gasteiger partial charge in [0.15, 0.2) is 0 Å². The van der Waals surface area contributed by atoms with Crippen LogP contribution in [0.5, 0.6) is 0 Å². The molecule has 1 aromatic rings. The zero-order valence-corrected chi connectivity index (χ0v) is 10.3. The second-order valence-corrected chi connectivity index (χ2v) is 5.37. The maximum Gasteiger partial charge on any atom is 0.256 e. The van der Waals surface area contributed by atoms with Gasteiger partial charge in [0.05, 0.1) is 5.41 Å². The van der Waals surface area contributed by atoms with E-state index >= 15 is 0 Å². The summed E-state index contributed by atoms with van der Waals surface area (Å²) in [6.45, 7) is 4.03. The van der Waals surface area contributed by atoms with Crippen molar-refractivity contribution in [2.24, 2.45) is 17.1 Å². The number of hydrogen-bond donors (Lipinski definition) is 1. The number of rotatable bonds is 4. The predicted octanol–water partition coefficient (Wildman–Crippen LogP) is 3.41. The van der Waals surface area contributed by atoms with Crippen LogP contribution in [0.4, 0.5) is 8.78 Å². The van der Waals surface area contributed by atoms with Crippen molar-refractivity contribution < 1.29 is 8.78 Å². The Bertz CT molecular complexity index is 388. The van der Waals surface area contributed by atoms with Crippen molar-refractivity contribution in [1.82, 2.24) is 0 Å². The molecule has 2 N–H and O–H groups in total. The third-order valence-electron chi connectivity index (χ3n) is 3.93. The first-order valence-corrected chi connectivity index (χ1v) is 6.07. The molecule has 2 rings (SSSR count). The fourth-order valence-electron chi connectivity index (χ4n) is 3.04. The molecule has 17 heavy (non-hydrogen) atoms. The molecule has 0 spiro atoms. The van der Waals surface area contributed by atoms with Gasteiger partial charge in [0.1, 0.15) is 0 Å². The maximum absolute atomic E-state index is 13.7. The summed E-state index contributed by atoms with van der Waals surface area (Å²) < 4.78 is 27.3. The van der Waals surface area contributed by atoms with Gasteiger partial charge in [-0.05, 0) is 17.4 Å². The minimum absolute atomic E-state index is 0.0533. The molecule has 0 aliphatic heterocycles. The Morgan fingerprint density at radius 1 is 1.24 bits per heavy atom. The summed E-state index contributed by atoms with van der Waals surface area (Å²) in [5.74, 6) is -2.61. The summed E-state index contributed by atoms with van der Waals surface area (Å²) in [6, 6.07) is 9.55. The lowest BCUT2D eigenvalue weighted by molar-refractivity contribution is 0.0483. The van der Waals surface area contributed by atoms with E-state index in [1.54, 1.807) is 0 Å². The molecule has 2 atom stereocenters. The maximum atomic E-state index is 13.7. The van der Waals surface area contributed by atoms with Crippen LogP contribution in [-0.4, -0.2) is 12.5 Å². The minimum atomic E-state index is -2.60. The molecule has 1 aromatic carbocycles. The quantitative estimate of drug-likeness (QED) is 0.856. The summed E-state index contributed by atoms with van der Waals surface area (Å²) in [6.07, 6.45) is -0.0752. The summed E-state index contributed by atoms with van der Waals surface area (Å²) in [4.78, 5) is 0. The number of nitrogens with two attached hydrogens (primary N) is 1. The zero-order valence-electron chi connectivity index (χ0n) is 10.3. The Morgan fingerprint density at radius 2 is 1.76 bits per heavy atom. The van der Waals surface area contributed by atoms with Crippen LogP contribution in [0.15, 0.2) is 30.3 Å². The molecule has 0 radical (unpaired) electrons. The van der Waals surface area contributed by atoms with Crippen LogP contribution in [0.2, 0.25) is 0 Å². The Labute approximate surface area is 101 Å². The lowest BCUT2D eigenvalue weighted by atomic mass is 9.75. The first-order chi connectivity index (χ1) is 7.94. The standard InChI is InChI=1S/C14H19F2N/c1-10(2)12(11-6-4-3-5-7-11)13(9-17)8-14(13,15)16/h3-7,10,12H,8-9,17H2,1-2H3. The van der Waals surface area contributed by atoms with Crippen LogP contribution in [0.25, 0.3) is 0 Å². The van der Waals surface area contributed by atoms with Gasteiger partial charge in [0.2, 0.25) is 0 Å². The monoisotopic (exact) mass is 239 g/mol. The lowest BCUT2D eigenvalue weighted by Gasteiger charge is -2.30. The van der Waals surface area contributed by atoms with Crippen molar-refractivity contribution in [3.8, 4) is 0 Å². The molecular formula is C14H19F2N. The highest BCUT2D eigenvalue weighted by atomic mass is 19.3. The zero-order chi connectivity index (χ0) is 12.7. The molecule has 0 amide bonds. The number of halogens is 2. The van der Waals surface area contributed by atoms with E-state index in [2.05, 4.69) is 0 Å². The molecule has 1 fully saturated rings. The first-order valence-electron chi connectivity index (χ1n) is 6.07. The number of benzene rings is 1. The van der Waals surface area contributed by atoms with E-state index in [9.17, 15) is 8.78 Å². The average Bonchev–Trinajstić information content (AvgIpc) is 2.83. The van der Waals surface area contributed by atoms with Gasteiger partial charge in [-0.3, -0.25) is 0 Å². The van der Waals surface area contributed by atoms with E-state index in [0.29, 0.717) is 0 Å². The summed E-state index contributed by atoms with van der Waals surface area (Å²) in [5, 5.41) is 0. The van der Waals surface area contributed by atoms with E-state index in [4.69, 9.17) is 5.73 Å². The van der Waals surface area contributed by atoms with Crippen LogP contribution in [0.3, 0.4) is 0 Å². The molecule has 1 saturated carbocycles. The highest BCUT2D eigenvalue weighted by molar-refractivity contribution is 5.30. The molecule has 94 valence electrons. The average molecular weight is 239 g/mol. The third kappa shape index (κ3) is 1.86. The largest absolute Gasteiger partial charge is 0.330 e. The number of hydrogen-bond acceptors (Lipinski definition) is 1. The molecule has 0 saturated heterocycles. The van der Waals surface area contributed by atoms with Gasteiger partial charge in [-0.15, -0.1) is 0 Å². The molecule has 0 heterocycles. The minimum Gasteiger partial charge on any atom is -0.330 e. The first kappa shape index (κ1) is 12.5. The van der Waals surface area contributed by atoms with Crippen molar-refractivity contribution >= 4 is 0 Å². The third-order valence-corrected chi connectivity index (χ3v) is 3.93. The Balaban J connectivity index is 2.38. The van der Waals surface area contributed by atoms with Crippen molar-refractivity contribution in [3.63, 3.8) is 0 Å². The van der Waals surface area contributed by atoms with Crippen LogP contribution >= 0.6 is 0 Å². The molecule has 1 nitrogen and oxygen atoms in total. The molecule has 2 unspecified atom stereocenters. The number of alkyl halides is 2. The van der Waals surface area contributed by atoms with Gasteiger partial charge in [-0.25, -0.2) is 8.78 Å². The van der Waals surface area contributed by atoms with Crippen LogP contribution in [0.1, 0.15) is 31.7 Å². The highest BCUT2D eigenvalue weighted by Crippen LogP contribution is 2.68. The summed E-state index contributed by atoms with van der Waals surface area (Å²) in [5.41, 5.74) is 5.59. The molecule has 0 aromatic heterocycles. The van der Waals surface area contributed by atoms with Crippen molar-refractivity contribution in [1.29, 1.82) is 0 Å². The van der Waals surface area contributed by atoms with Gasteiger partial charge < -0.3 is 5.73 Å². The molecule has 1 aliphatic carbocycles. The fraction of sp³-hybridized carbons (Fsp3) is 0.571. The smallest absolute Gasteiger partial charge is 0.256 e. The van der Waals surface area contributed by atoms with Gasteiger partial charge in [-0.2, -0.15) is 0 Å². The summed E-state index contributed by atoms with van der Waals surface area (Å²) >= 11 is 0. The molecule has 1 aliphatic rings. The molecule has 0 bridgehead atoms. The van der Waals surface area contributed by atoms with E-state index in [1.807, 2.05) is 44.2 Å². The summed E-state index contributed by atoms with van der Waals surface area (Å²) in [7, 11) is 0. The lowest BCUT2D eigenvalue weighted by Crippen LogP contribution is -2.32. The Morgan fingerprint density at radius 3 is 2.12 bits per heavy atom. The molecular weight excluding hydrogens is 220 g/mol. The van der Waals surface area contributed by atoms with E-state index in [1.165, 1.54) is 0 Å². The second kappa shape index (κ2) is 4.05. The van der Waals surface area contributed by atoms with Gasteiger partial charge in [0.25, 0.3) is 5.92 Å². The van der Waals surface area contributed by atoms with Crippen molar-refractivity contribution in [2.75, 3.05) is 6.54 Å². The normalized spacial score (nSPS) is 28.1. The van der Waals surface area contributed by atoms with Crippen molar-refractivity contribution in [2.45, 2.75) is 32.1 Å². The van der Waals surface area contributed by atoms with Crippen LogP contribution in [0, 0.1) is 11.3 Å². The van der Waals surface area contributed by atoms with E-state index in [-0.39, 0.29) is 24.8 Å². The fourth-order valence-corrected chi connectivity index (χ4v) is 3.04. The van der Waals surface area contributed by atoms with Gasteiger partial charge in [-0.1, -0.05) is 44.2 Å². The van der Waals surface area contributed by atoms with Crippen LogP contribution in [-0.2, 0) is 0 Å². The topological polar surface area (TPSA) is 26.0 Å². The van der Waals surface area contributed by atoms with Gasteiger partial charge in [0, 0.05) is 13.0 Å². The van der Waals surface area contributed by atoms with Crippen molar-refractivity contribution in [3.05, 3.63) is 35.9 Å². The Kier molecular flexibility index (Phi) is 2.98. The van der Waals surface area contributed by atoms with E-state index in [0.717, 1.165) is 5.56 Å². The SMILES string of the molecule is CC(C)C(c1ccccc1)C1(CN)CC1(F)F. The van der Waals surface area contributed by atoms with E-state index < -0.39 is 11.3 Å². The predicted molar refractivity (Wildman–Crippen MR) is 65.1 cm³/mol. The second-order valence-electron chi connectivity index (χ2n) is 5.37. The molecule has 3 heteroatoms.